The molecule has 10 nitrogen and oxygen atoms in total. The van der Waals surface area contributed by atoms with Crippen molar-refractivity contribution in [1.82, 2.24) is 14.9 Å². The third-order valence-electron chi connectivity index (χ3n) is 8.13. The Balaban J connectivity index is 1.19. The number of likely N-dealkylation sites (tertiary alicyclic amines) is 1. The summed E-state index contributed by atoms with van der Waals surface area (Å²) in [6.45, 7) is 10.6. The monoisotopic (exact) mass is 592 g/mol. The zero-order valence-corrected chi connectivity index (χ0v) is 25.1. The number of piperidine rings is 1. The van der Waals surface area contributed by atoms with Gasteiger partial charge in [-0.2, -0.15) is 4.98 Å². The van der Waals surface area contributed by atoms with Crippen molar-refractivity contribution in [3.8, 4) is 11.5 Å². The summed E-state index contributed by atoms with van der Waals surface area (Å²) in [5.41, 5.74) is 3.24. The minimum absolute atomic E-state index is 0.0174. The Hall–Kier alpha value is -3.60. The van der Waals surface area contributed by atoms with Gasteiger partial charge in [-0.25, -0.2) is 4.98 Å². The molecule has 4 heterocycles. The van der Waals surface area contributed by atoms with Crippen molar-refractivity contribution < 1.29 is 19.4 Å². The maximum Gasteiger partial charge on any atom is 0.234 e. The van der Waals surface area contributed by atoms with E-state index in [4.69, 9.17) is 21.1 Å². The molecular weight excluding hydrogens is 556 g/mol. The van der Waals surface area contributed by atoms with Gasteiger partial charge in [0.15, 0.2) is 17.3 Å². The fourth-order valence-corrected chi connectivity index (χ4v) is 6.43. The number of nitrogens with one attached hydrogen (secondary N) is 3. The molecule has 6 rings (SSSR count). The first kappa shape index (κ1) is 28.5. The third-order valence-corrected chi connectivity index (χ3v) is 8.41. The summed E-state index contributed by atoms with van der Waals surface area (Å²) in [6.07, 6.45) is 3.65. The Morgan fingerprint density at radius 2 is 2.02 bits per heavy atom. The molecule has 1 aromatic heterocycles. The normalized spacial score (nSPS) is 19.4. The van der Waals surface area contributed by atoms with Gasteiger partial charge in [0, 0.05) is 36.8 Å². The topological polar surface area (TPSA) is 121 Å². The second-order valence-corrected chi connectivity index (χ2v) is 12.8. The number of nitrogens with zero attached hydrogens (tertiary/aromatic N) is 3. The zero-order chi connectivity index (χ0) is 29.6. The van der Waals surface area contributed by atoms with Crippen LogP contribution in [-0.2, 0) is 16.8 Å². The lowest BCUT2D eigenvalue weighted by molar-refractivity contribution is -0.119. The Labute approximate surface area is 250 Å². The van der Waals surface area contributed by atoms with Crippen molar-refractivity contribution in [2.75, 3.05) is 42.4 Å². The SMILES string of the molecule is CC(C)(O)CN1CCCC(c2ccc(Nc3ncc(Cl)c(NCc4cccc5c4C(C)(C)C(=O)N5)n3)c3c2OCO3)C1. The van der Waals surface area contributed by atoms with E-state index in [-0.39, 0.29) is 18.6 Å². The summed E-state index contributed by atoms with van der Waals surface area (Å²) in [7, 11) is 0. The van der Waals surface area contributed by atoms with Gasteiger partial charge >= 0.3 is 0 Å². The standard InChI is InChI=1S/C31H37ClN6O4/c1-30(2,40)16-38-12-6-8-19(15-38)20-10-11-23(26-25(20)41-17-42-26)36-29-34-14-21(32)27(37-29)33-13-18-7-5-9-22-24(18)31(3,4)28(39)35-22/h5,7,9-11,14,19,40H,6,8,12-13,15-17H2,1-4H3,(H,35,39)(H2,33,34,36,37). The minimum Gasteiger partial charge on any atom is -0.453 e. The van der Waals surface area contributed by atoms with Crippen LogP contribution in [0, 0.1) is 0 Å². The minimum atomic E-state index is -0.739. The molecule has 222 valence electrons. The summed E-state index contributed by atoms with van der Waals surface area (Å²) in [4.78, 5) is 23.8. The summed E-state index contributed by atoms with van der Waals surface area (Å²) < 4.78 is 11.9. The van der Waals surface area contributed by atoms with Crippen molar-refractivity contribution in [2.45, 2.75) is 64.0 Å². The number of ether oxygens (including phenoxy) is 2. The molecule has 11 heteroatoms. The van der Waals surface area contributed by atoms with Gasteiger partial charge in [0.05, 0.1) is 22.9 Å². The Kier molecular flexibility index (Phi) is 7.41. The van der Waals surface area contributed by atoms with E-state index in [0.29, 0.717) is 41.3 Å². The van der Waals surface area contributed by atoms with Crippen LogP contribution in [0.25, 0.3) is 0 Å². The Morgan fingerprint density at radius 1 is 1.21 bits per heavy atom. The highest BCUT2D eigenvalue weighted by atomic mass is 35.5. The van der Waals surface area contributed by atoms with E-state index < -0.39 is 11.0 Å². The smallest absolute Gasteiger partial charge is 0.234 e. The third kappa shape index (κ3) is 5.58. The van der Waals surface area contributed by atoms with Gasteiger partial charge in [-0.15, -0.1) is 0 Å². The van der Waals surface area contributed by atoms with E-state index in [9.17, 15) is 9.90 Å². The molecular formula is C31H37ClN6O4. The van der Waals surface area contributed by atoms with Crippen molar-refractivity contribution in [3.63, 3.8) is 0 Å². The molecule has 42 heavy (non-hydrogen) atoms. The molecule has 0 saturated carbocycles. The molecule has 1 atom stereocenters. The predicted molar refractivity (Wildman–Crippen MR) is 163 cm³/mol. The average Bonchev–Trinajstić information content (AvgIpc) is 3.51. The molecule has 3 aliphatic rings. The number of aliphatic hydroxyl groups is 1. The average molecular weight is 593 g/mol. The highest BCUT2D eigenvalue weighted by molar-refractivity contribution is 6.32. The molecule has 1 fully saturated rings. The van der Waals surface area contributed by atoms with Gasteiger partial charge in [0.2, 0.25) is 18.6 Å². The van der Waals surface area contributed by atoms with Crippen LogP contribution < -0.4 is 25.4 Å². The summed E-state index contributed by atoms with van der Waals surface area (Å²) >= 11 is 6.47. The van der Waals surface area contributed by atoms with Crippen LogP contribution in [0.5, 0.6) is 11.5 Å². The van der Waals surface area contributed by atoms with Gasteiger partial charge < -0.3 is 30.5 Å². The largest absolute Gasteiger partial charge is 0.453 e. The lowest BCUT2D eigenvalue weighted by atomic mass is 9.83. The first-order valence-electron chi connectivity index (χ1n) is 14.3. The highest BCUT2D eigenvalue weighted by Gasteiger charge is 2.40. The summed E-state index contributed by atoms with van der Waals surface area (Å²) in [5, 5.41) is 20.3. The van der Waals surface area contributed by atoms with Gasteiger partial charge in [-0.3, -0.25) is 9.69 Å². The lowest BCUT2D eigenvalue weighted by Gasteiger charge is -2.36. The van der Waals surface area contributed by atoms with Crippen molar-refractivity contribution in [1.29, 1.82) is 0 Å². The van der Waals surface area contributed by atoms with Crippen LogP contribution in [0.1, 0.15) is 63.1 Å². The Morgan fingerprint density at radius 3 is 2.83 bits per heavy atom. The molecule has 0 spiro atoms. The molecule has 0 bridgehead atoms. The van der Waals surface area contributed by atoms with E-state index >= 15 is 0 Å². The van der Waals surface area contributed by atoms with E-state index in [1.807, 2.05) is 52.0 Å². The van der Waals surface area contributed by atoms with Crippen LogP contribution in [-0.4, -0.2) is 57.9 Å². The van der Waals surface area contributed by atoms with Crippen LogP contribution >= 0.6 is 11.6 Å². The number of β-amino-alcohol motifs (C(OH)–C–C–N with tert-alkyl or cyclic N) is 1. The molecule has 3 aromatic rings. The van der Waals surface area contributed by atoms with E-state index in [2.05, 4.69) is 36.9 Å². The molecule has 0 radical (unpaired) electrons. The zero-order valence-electron chi connectivity index (χ0n) is 24.4. The number of hydrogen-bond acceptors (Lipinski definition) is 9. The number of rotatable bonds is 8. The summed E-state index contributed by atoms with van der Waals surface area (Å²) in [6, 6.07) is 9.90. The van der Waals surface area contributed by atoms with Crippen molar-refractivity contribution >= 4 is 40.6 Å². The number of hydrogen-bond donors (Lipinski definition) is 4. The molecule has 1 unspecified atom stereocenters. The maximum absolute atomic E-state index is 12.5. The number of carbonyl (C=O) groups is 1. The van der Waals surface area contributed by atoms with E-state index in [0.717, 1.165) is 54.1 Å². The predicted octanol–water partition coefficient (Wildman–Crippen LogP) is 5.39. The number of anilines is 4. The fourth-order valence-electron chi connectivity index (χ4n) is 6.27. The number of amides is 1. The van der Waals surface area contributed by atoms with Gasteiger partial charge in [0.25, 0.3) is 0 Å². The van der Waals surface area contributed by atoms with Crippen molar-refractivity contribution in [2.24, 2.45) is 0 Å². The van der Waals surface area contributed by atoms with Gasteiger partial charge in [0.1, 0.15) is 5.02 Å². The first-order valence-corrected chi connectivity index (χ1v) is 14.7. The van der Waals surface area contributed by atoms with Crippen LogP contribution in [0.15, 0.2) is 36.5 Å². The number of fused-ring (bicyclic) bond motifs is 2. The van der Waals surface area contributed by atoms with Gasteiger partial charge in [-0.1, -0.05) is 29.8 Å². The second-order valence-electron chi connectivity index (χ2n) is 12.4. The molecule has 1 amide bonds. The molecule has 0 aliphatic carbocycles. The van der Waals surface area contributed by atoms with E-state index in [1.54, 1.807) is 6.20 Å². The van der Waals surface area contributed by atoms with Crippen LogP contribution in [0.2, 0.25) is 5.02 Å². The maximum atomic E-state index is 12.5. The van der Waals surface area contributed by atoms with Crippen molar-refractivity contribution in [3.05, 3.63) is 58.2 Å². The second kappa shape index (κ2) is 10.9. The summed E-state index contributed by atoms with van der Waals surface area (Å²) in [5.74, 6) is 2.48. The van der Waals surface area contributed by atoms with Crippen LogP contribution in [0.4, 0.5) is 23.1 Å². The Bertz CT molecular complexity index is 1520. The fraction of sp³-hybridized carbons (Fsp3) is 0.452. The highest BCUT2D eigenvalue weighted by Crippen LogP contribution is 2.47. The van der Waals surface area contributed by atoms with E-state index in [1.165, 1.54) is 0 Å². The number of carbonyl (C=O) groups excluding carboxylic acids is 1. The molecule has 2 aromatic carbocycles. The molecule has 4 N–H and O–H groups in total. The van der Waals surface area contributed by atoms with Crippen LogP contribution in [0.3, 0.4) is 0 Å². The number of aromatic nitrogens is 2. The lowest BCUT2D eigenvalue weighted by Crippen LogP contribution is -2.43. The van der Waals surface area contributed by atoms with Gasteiger partial charge in [-0.05, 0) is 70.3 Å². The number of benzene rings is 2. The quantitative estimate of drug-likeness (QED) is 0.273. The molecule has 1 saturated heterocycles. The first-order chi connectivity index (χ1) is 20.0. The molecule has 3 aliphatic heterocycles. The number of halogens is 1.